The highest BCUT2D eigenvalue weighted by Crippen LogP contribution is 2.46. The minimum Gasteiger partial charge on any atom is -0.506 e. The summed E-state index contributed by atoms with van der Waals surface area (Å²) in [6.45, 7) is 4.04. The molecule has 2 N–H and O–H groups in total. The average molecular weight is 533 g/mol. The van der Waals surface area contributed by atoms with Gasteiger partial charge in [-0.05, 0) is 86.2 Å². The SMILES string of the molecule is COC(=O)c1cccc(-n2c(C)cc([C@@H]3[C@@H](c4ccccn4)NC(=S)N3c3cc(Cl)ccc3O)c2C)c1. The number of anilines is 1. The smallest absolute Gasteiger partial charge is 0.337 e. The summed E-state index contributed by atoms with van der Waals surface area (Å²) in [5.41, 5.74) is 5.55. The zero-order chi connectivity index (χ0) is 26.3. The molecule has 0 aliphatic carbocycles. The van der Waals surface area contributed by atoms with Gasteiger partial charge in [0.05, 0.1) is 36.1 Å². The summed E-state index contributed by atoms with van der Waals surface area (Å²) < 4.78 is 7.01. The number of phenolic OH excluding ortho intramolecular Hbond substituents is 1. The van der Waals surface area contributed by atoms with Gasteiger partial charge in [-0.2, -0.15) is 0 Å². The van der Waals surface area contributed by atoms with Crippen LogP contribution in [0.3, 0.4) is 0 Å². The Morgan fingerprint density at radius 2 is 1.92 bits per heavy atom. The quantitative estimate of drug-likeness (QED) is 0.248. The lowest BCUT2D eigenvalue weighted by Crippen LogP contribution is -2.29. The highest BCUT2D eigenvalue weighted by Gasteiger charge is 2.43. The maximum absolute atomic E-state index is 12.2. The van der Waals surface area contributed by atoms with Crippen molar-refractivity contribution in [2.45, 2.75) is 25.9 Å². The van der Waals surface area contributed by atoms with E-state index in [9.17, 15) is 9.90 Å². The fourth-order valence-corrected chi connectivity index (χ4v) is 5.50. The Labute approximate surface area is 225 Å². The molecule has 1 aliphatic heterocycles. The van der Waals surface area contributed by atoms with Crippen LogP contribution in [-0.4, -0.2) is 32.8 Å². The first kappa shape index (κ1) is 24.8. The van der Waals surface area contributed by atoms with E-state index in [0.717, 1.165) is 28.3 Å². The summed E-state index contributed by atoms with van der Waals surface area (Å²) in [6, 6.07) is 19.5. The van der Waals surface area contributed by atoms with Gasteiger partial charge in [0.25, 0.3) is 0 Å². The molecule has 9 heteroatoms. The van der Waals surface area contributed by atoms with Gasteiger partial charge in [-0.15, -0.1) is 0 Å². The summed E-state index contributed by atoms with van der Waals surface area (Å²) in [7, 11) is 1.37. The van der Waals surface area contributed by atoms with Crippen LogP contribution >= 0.6 is 23.8 Å². The molecule has 2 aromatic heterocycles. The van der Waals surface area contributed by atoms with Crippen LogP contribution in [0.15, 0.2) is 72.9 Å². The molecule has 188 valence electrons. The van der Waals surface area contributed by atoms with Crippen molar-refractivity contribution in [1.29, 1.82) is 0 Å². The second-order valence-corrected chi connectivity index (χ2v) is 9.66. The van der Waals surface area contributed by atoms with Gasteiger partial charge in [0.2, 0.25) is 0 Å². The van der Waals surface area contributed by atoms with Crippen LogP contribution in [0.1, 0.15) is 45.1 Å². The number of hydrogen-bond donors (Lipinski definition) is 2. The highest BCUT2D eigenvalue weighted by atomic mass is 35.5. The first-order chi connectivity index (χ1) is 17.8. The number of phenols is 1. The Kier molecular flexibility index (Phi) is 6.62. The number of halogens is 1. The van der Waals surface area contributed by atoms with Crippen LogP contribution in [0.4, 0.5) is 5.69 Å². The van der Waals surface area contributed by atoms with Crippen LogP contribution in [0.25, 0.3) is 5.69 Å². The van der Waals surface area contributed by atoms with Gasteiger partial charge in [-0.3, -0.25) is 4.98 Å². The number of carbonyl (C=O) groups excluding carboxylic acids is 1. The third-order valence-corrected chi connectivity index (χ3v) is 7.16. The largest absolute Gasteiger partial charge is 0.506 e. The lowest BCUT2D eigenvalue weighted by molar-refractivity contribution is 0.0600. The van der Waals surface area contributed by atoms with Crippen molar-refractivity contribution in [1.82, 2.24) is 14.9 Å². The van der Waals surface area contributed by atoms with E-state index in [-0.39, 0.29) is 17.8 Å². The zero-order valence-electron chi connectivity index (χ0n) is 20.5. The number of methoxy groups -OCH3 is 1. The Bertz CT molecular complexity index is 1500. The fraction of sp³-hybridized carbons (Fsp3) is 0.179. The molecule has 0 bridgehead atoms. The summed E-state index contributed by atoms with van der Waals surface area (Å²) in [5, 5.41) is 15.1. The predicted octanol–water partition coefficient (Wildman–Crippen LogP) is 5.81. The van der Waals surface area contributed by atoms with Crippen LogP contribution < -0.4 is 10.2 Å². The number of thiocarbonyl (C=S) groups is 1. The summed E-state index contributed by atoms with van der Waals surface area (Å²) in [4.78, 5) is 18.7. The molecular formula is C28H25ClN4O3S. The number of ether oxygens (including phenoxy) is 1. The Hall–Kier alpha value is -3.88. The third kappa shape index (κ3) is 4.43. The monoisotopic (exact) mass is 532 g/mol. The maximum atomic E-state index is 12.2. The number of nitrogens with zero attached hydrogens (tertiary/aromatic N) is 3. The van der Waals surface area contributed by atoms with Crippen LogP contribution in [0.5, 0.6) is 5.75 Å². The number of aryl methyl sites for hydroxylation is 1. The third-order valence-electron chi connectivity index (χ3n) is 6.61. The molecule has 0 unspecified atom stereocenters. The molecule has 5 rings (SSSR count). The van der Waals surface area contributed by atoms with E-state index in [1.165, 1.54) is 7.11 Å². The molecule has 0 amide bonds. The number of hydrogen-bond acceptors (Lipinski definition) is 5. The molecule has 37 heavy (non-hydrogen) atoms. The van der Waals surface area contributed by atoms with Crippen LogP contribution in [0, 0.1) is 13.8 Å². The van der Waals surface area contributed by atoms with E-state index in [4.69, 9.17) is 28.6 Å². The van der Waals surface area contributed by atoms with Gasteiger partial charge in [0.15, 0.2) is 5.11 Å². The van der Waals surface area contributed by atoms with E-state index in [1.807, 2.05) is 55.1 Å². The normalized spacial score (nSPS) is 17.1. The average Bonchev–Trinajstić information content (AvgIpc) is 3.40. The number of rotatable bonds is 5. The minimum atomic E-state index is -0.396. The molecule has 7 nitrogen and oxygen atoms in total. The number of benzene rings is 2. The number of pyridine rings is 1. The van der Waals surface area contributed by atoms with E-state index in [1.54, 1.807) is 30.5 Å². The Morgan fingerprint density at radius 3 is 2.65 bits per heavy atom. The molecule has 2 aromatic carbocycles. The van der Waals surface area contributed by atoms with E-state index in [0.29, 0.717) is 21.4 Å². The van der Waals surface area contributed by atoms with Gasteiger partial charge in [-0.25, -0.2) is 4.79 Å². The first-order valence-corrected chi connectivity index (χ1v) is 12.5. The van der Waals surface area contributed by atoms with Crippen molar-refractivity contribution in [3.63, 3.8) is 0 Å². The molecular weight excluding hydrogens is 508 g/mol. The number of esters is 1. The van der Waals surface area contributed by atoms with Crippen molar-refractivity contribution >= 4 is 40.6 Å². The zero-order valence-corrected chi connectivity index (χ0v) is 22.0. The number of aromatic hydroxyl groups is 1. The standard InChI is InChI=1S/C28H25ClN4O3S/c1-16-13-21(17(2)32(16)20-8-6-7-18(14-20)27(35)36-3)26-25(22-9-4-5-12-30-22)31-28(37)33(26)23-15-19(29)10-11-24(23)34/h4-15,25-26,34H,1-3H3,(H,31,37)/t25-,26-/m1/s1. The molecule has 0 radical (unpaired) electrons. The molecule has 1 aliphatic rings. The van der Waals surface area contributed by atoms with Gasteiger partial charge >= 0.3 is 5.97 Å². The number of nitrogens with one attached hydrogen (secondary N) is 1. The molecule has 3 heterocycles. The predicted molar refractivity (Wildman–Crippen MR) is 148 cm³/mol. The van der Waals surface area contributed by atoms with E-state index < -0.39 is 5.97 Å². The molecule has 0 saturated carbocycles. The topological polar surface area (TPSA) is 79.6 Å². The van der Waals surface area contributed by atoms with Crippen molar-refractivity contribution in [3.05, 3.63) is 106 Å². The summed E-state index contributed by atoms with van der Waals surface area (Å²) in [5.74, 6) is -0.326. The highest BCUT2D eigenvalue weighted by molar-refractivity contribution is 7.80. The van der Waals surface area contributed by atoms with Gasteiger partial charge in [-0.1, -0.05) is 23.7 Å². The summed E-state index contributed by atoms with van der Waals surface area (Å²) in [6.07, 6.45) is 1.75. The molecule has 4 aromatic rings. The van der Waals surface area contributed by atoms with Crippen molar-refractivity contribution < 1.29 is 14.6 Å². The maximum Gasteiger partial charge on any atom is 0.337 e. The summed E-state index contributed by atoms with van der Waals surface area (Å²) >= 11 is 12.1. The van der Waals surface area contributed by atoms with Gasteiger partial charge < -0.3 is 24.6 Å². The second kappa shape index (κ2) is 9.88. The molecule has 2 atom stereocenters. The number of aromatic nitrogens is 2. The second-order valence-electron chi connectivity index (χ2n) is 8.83. The lowest BCUT2D eigenvalue weighted by Gasteiger charge is -2.28. The van der Waals surface area contributed by atoms with Crippen LogP contribution in [0.2, 0.25) is 5.02 Å². The van der Waals surface area contributed by atoms with Gasteiger partial charge in [0.1, 0.15) is 5.75 Å². The van der Waals surface area contributed by atoms with Crippen LogP contribution in [-0.2, 0) is 4.74 Å². The number of carbonyl (C=O) groups is 1. The first-order valence-electron chi connectivity index (χ1n) is 11.7. The molecule has 0 spiro atoms. The Morgan fingerprint density at radius 1 is 1.11 bits per heavy atom. The van der Waals surface area contributed by atoms with Crippen molar-refractivity contribution in [2.24, 2.45) is 0 Å². The lowest BCUT2D eigenvalue weighted by atomic mass is 9.96. The van der Waals surface area contributed by atoms with Crippen molar-refractivity contribution in [2.75, 3.05) is 12.0 Å². The minimum absolute atomic E-state index is 0.0693. The van der Waals surface area contributed by atoms with Gasteiger partial charge in [0, 0.05) is 28.3 Å². The van der Waals surface area contributed by atoms with E-state index in [2.05, 4.69) is 20.9 Å². The molecule has 1 saturated heterocycles. The molecule has 1 fully saturated rings. The Balaban J connectivity index is 1.69. The van der Waals surface area contributed by atoms with Crippen molar-refractivity contribution in [3.8, 4) is 11.4 Å². The fourth-order valence-electron chi connectivity index (χ4n) is 4.99. The van der Waals surface area contributed by atoms with E-state index >= 15 is 0 Å².